The predicted molar refractivity (Wildman–Crippen MR) is 97.1 cm³/mol. The normalized spacial score (nSPS) is 20.8. The van der Waals surface area contributed by atoms with Gasteiger partial charge in [0, 0.05) is 13.1 Å². The maximum atomic E-state index is 6.06. The Kier molecular flexibility index (Phi) is 6.60. The molecule has 2 atom stereocenters. The molecule has 0 radical (unpaired) electrons. The summed E-state index contributed by atoms with van der Waals surface area (Å²) >= 11 is 0. The number of hydrogen-bond donors (Lipinski definition) is 0. The van der Waals surface area contributed by atoms with Crippen LogP contribution in [0.2, 0.25) is 0 Å². The zero-order valence-electron chi connectivity index (χ0n) is 15.0. The number of methoxy groups -OCH3 is 1. The van der Waals surface area contributed by atoms with Crippen LogP contribution in [0.15, 0.2) is 49.6 Å². The van der Waals surface area contributed by atoms with Crippen LogP contribution >= 0.6 is 0 Å². The molecule has 1 aromatic rings. The first-order valence-corrected chi connectivity index (χ1v) is 8.41. The van der Waals surface area contributed by atoms with Gasteiger partial charge in [-0.1, -0.05) is 24.3 Å². The number of nitrogens with zero attached hydrogens (tertiary/aromatic N) is 1. The smallest absolute Gasteiger partial charge is 0.163 e. The number of rotatable bonds is 9. The van der Waals surface area contributed by atoms with Crippen molar-refractivity contribution in [3.8, 4) is 5.75 Å². The Morgan fingerprint density at radius 2 is 2.04 bits per heavy atom. The van der Waals surface area contributed by atoms with Crippen molar-refractivity contribution in [3.63, 3.8) is 0 Å². The van der Waals surface area contributed by atoms with Gasteiger partial charge in [-0.3, -0.25) is 4.90 Å². The number of hydrogen-bond acceptors (Lipinski definition) is 4. The summed E-state index contributed by atoms with van der Waals surface area (Å²) in [6, 6.07) is 8.25. The summed E-state index contributed by atoms with van der Waals surface area (Å²) in [4.78, 5) is 2.37. The minimum atomic E-state index is -0.532. The Morgan fingerprint density at radius 1 is 1.33 bits per heavy atom. The van der Waals surface area contributed by atoms with Gasteiger partial charge in [-0.15, -0.1) is 13.2 Å². The van der Waals surface area contributed by atoms with Crippen LogP contribution in [-0.2, 0) is 16.0 Å². The lowest BCUT2D eigenvalue weighted by molar-refractivity contribution is -0.144. The average molecular weight is 331 g/mol. The molecule has 1 heterocycles. The highest BCUT2D eigenvalue weighted by Crippen LogP contribution is 2.27. The molecule has 1 fully saturated rings. The quantitative estimate of drug-likeness (QED) is 0.644. The van der Waals surface area contributed by atoms with Crippen molar-refractivity contribution in [2.45, 2.75) is 44.7 Å². The second kappa shape index (κ2) is 8.47. The molecule has 0 spiro atoms. The Balaban J connectivity index is 2.12. The molecule has 4 nitrogen and oxygen atoms in total. The molecule has 0 unspecified atom stereocenters. The van der Waals surface area contributed by atoms with Crippen LogP contribution in [0.1, 0.15) is 25.8 Å². The van der Waals surface area contributed by atoms with Gasteiger partial charge in [-0.25, -0.2) is 0 Å². The van der Waals surface area contributed by atoms with E-state index in [1.54, 1.807) is 7.11 Å². The number of ether oxygens (including phenoxy) is 3. The highest BCUT2D eigenvalue weighted by Gasteiger charge is 2.38. The van der Waals surface area contributed by atoms with Crippen molar-refractivity contribution in [1.29, 1.82) is 0 Å². The summed E-state index contributed by atoms with van der Waals surface area (Å²) in [5.41, 5.74) is 1.23. The van der Waals surface area contributed by atoms with Crippen LogP contribution in [0.25, 0.3) is 0 Å². The van der Waals surface area contributed by atoms with Crippen molar-refractivity contribution < 1.29 is 14.2 Å². The molecule has 1 aliphatic heterocycles. The molecule has 24 heavy (non-hydrogen) atoms. The lowest BCUT2D eigenvalue weighted by Gasteiger charge is -2.33. The fourth-order valence-corrected chi connectivity index (χ4v) is 2.98. The minimum Gasteiger partial charge on any atom is -0.497 e. The lowest BCUT2D eigenvalue weighted by atomic mass is 10.1. The van der Waals surface area contributed by atoms with Gasteiger partial charge < -0.3 is 14.2 Å². The molecule has 0 N–H and O–H groups in total. The molecular formula is C20H29NO3. The first kappa shape index (κ1) is 18.7. The molecule has 0 amide bonds. The van der Waals surface area contributed by atoms with Gasteiger partial charge in [0.05, 0.1) is 19.8 Å². The van der Waals surface area contributed by atoms with Gasteiger partial charge in [-0.2, -0.15) is 0 Å². The van der Waals surface area contributed by atoms with Gasteiger partial charge in [0.1, 0.15) is 11.9 Å². The zero-order chi connectivity index (χ0) is 17.6. The van der Waals surface area contributed by atoms with Crippen molar-refractivity contribution in [2.24, 2.45) is 0 Å². The van der Waals surface area contributed by atoms with Crippen LogP contribution in [0.4, 0.5) is 0 Å². The predicted octanol–water partition coefficient (Wildman–Crippen LogP) is 3.78. The van der Waals surface area contributed by atoms with Crippen LogP contribution < -0.4 is 4.74 Å². The summed E-state index contributed by atoms with van der Waals surface area (Å²) < 4.78 is 17.0. The summed E-state index contributed by atoms with van der Waals surface area (Å²) in [5.74, 6) is 0.335. The van der Waals surface area contributed by atoms with Crippen LogP contribution in [-0.4, -0.2) is 43.1 Å². The number of benzene rings is 1. The summed E-state index contributed by atoms with van der Waals surface area (Å²) in [6.45, 7) is 14.1. The third-order valence-electron chi connectivity index (χ3n) is 4.24. The third kappa shape index (κ3) is 4.94. The van der Waals surface area contributed by atoms with Gasteiger partial charge in [0.15, 0.2) is 5.79 Å². The van der Waals surface area contributed by atoms with E-state index < -0.39 is 5.79 Å². The molecule has 0 aliphatic carbocycles. The summed E-state index contributed by atoms with van der Waals surface area (Å²) in [6.07, 6.45) is 4.80. The highest BCUT2D eigenvalue weighted by atomic mass is 16.7. The molecule has 1 saturated heterocycles. The Morgan fingerprint density at radius 3 is 2.54 bits per heavy atom. The molecule has 0 bridgehead atoms. The van der Waals surface area contributed by atoms with E-state index in [-0.39, 0.29) is 12.1 Å². The van der Waals surface area contributed by atoms with Gasteiger partial charge in [0.2, 0.25) is 0 Å². The van der Waals surface area contributed by atoms with Crippen LogP contribution in [0.5, 0.6) is 5.75 Å². The Bertz CT molecular complexity index is 538. The third-order valence-corrected chi connectivity index (χ3v) is 4.24. The first-order valence-electron chi connectivity index (χ1n) is 8.41. The average Bonchev–Trinajstić information content (AvgIpc) is 2.93. The molecule has 4 heteroatoms. The topological polar surface area (TPSA) is 30.9 Å². The van der Waals surface area contributed by atoms with E-state index in [1.807, 2.05) is 38.1 Å². The molecule has 1 aromatic carbocycles. The monoisotopic (exact) mass is 331 g/mol. The van der Waals surface area contributed by atoms with E-state index in [0.717, 1.165) is 25.3 Å². The molecule has 2 rings (SSSR count). The Labute approximate surface area is 145 Å². The molecular weight excluding hydrogens is 302 g/mol. The molecule has 132 valence electrons. The second-order valence-corrected chi connectivity index (χ2v) is 6.49. The Hall–Kier alpha value is -1.62. The standard InChI is InChI=1S/C20H29NO3/c1-6-8-13-21(14-16-9-11-17(22-5)12-10-16)18(7-2)19-15-23-20(3,4)24-19/h6-7,9-12,18-19H,1-2,8,13-15H2,3-5H3/t18-,19+/m0/s1. The fraction of sp³-hybridized carbons (Fsp3) is 0.500. The van der Waals surface area contributed by atoms with Crippen molar-refractivity contribution in [3.05, 3.63) is 55.1 Å². The molecule has 0 aromatic heterocycles. The van der Waals surface area contributed by atoms with Gasteiger partial charge in [-0.05, 0) is 38.0 Å². The van der Waals surface area contributed by atoms with E-state index in [4.69, 9.17) is 14.2 Å². The first-order chi connectivity index (χ1) is 11.5. The molecule has 0 saturated carbocycles. The van der Waals surface area contributed by atoms with Crippen molar-refractivity contribution in [1.82, 2.24) is 4.90 Å². The zero-order valence-corrected chi connectivity index (χ0v) is 15.0. The fourth-order valence-electron chi connectivity index (χ4n) is 2.98. The van der Waals surface area contributed by atoms with Gasteiger partial charge >= 0.3 is 0 Å². The largest absolute Gasteiger partial charge is 0.497 e. The van der Waals surface area contributed by atoms with E-state index in [0.29, 0.717) is 6.61 Å². The maximum Gasteiger partial charge on any atom is 0.163 e. The SMILES string of the molecule is C=CCCN(Cc1ccc(OC)cc1)[C@@H](C=C)[C@H]1COC(C)(C)O1. The van der Waals surface area contributed by atoms with Crippen molar-refractivity contribution in [2.75, 3.05) is 20.3 Å². The maximum absolute atomic E-state index is 6.06. The molecule has 1 aliphatic rings. The highest BCUT2D eigenvalue weighted by molar-refractivity contribution is 5.27. The summed E-state index contributed by atoms with van der Waals surface area (Å²) in [5, 5.41) is 0. The second-order valence-electron chi connectivity index (χ2n) is 6.49. The summed E-state index contributed by atoms with van der Waals surface area (Å²) in [7, 11) is 1.68. The van der Waals surface area contributed by atoms with Crippen LogP contribution in [0, 0.1) is 0 Å². The van der Waals surface area contributed by atoms with Gasteiger partial charge in [0.25, 0.3) is 0 Å². The van der Waals surface area contributed by atoms with E-state index in [2.05, 4.69) is 30.2 Å². The van der Waals surface area contributed by atoms with E-state index in [1.165, 1.54) is 5.56 Å². The van der Waals surface area contributed by atoms with E-state index >= 15 is 0 Å². The van der Waals surface area contributed by atoms with E-state index in [9.17, 15) is 0 Å². The van der Waals surface area contributed by atoms with Crippen molar-refractivity contribution >= 4 is 0 Å². The lowest BCUT2D eigenvalue weighted by Crippen LogP contribution is -2.44. The minimum absolute atomic E-state index is 0.0134. The van der Waals surface area contributed by atoms with Crippen LogP contribution in [0.3, 0.4) is 0 Å².